The van der Waals surface area contributed by atoms with Crippen LogP contribution in [0, 0.1) is 0 Å². The molecule has 3 aromatic rings. The summed E-state index contributed by atoms with van der Waals surface area (Å²) in [7, 11) is 0. The number of amides is 3. The number of esters is 1. The highest BCUT2D eigenvalue weighted by atomic mass is 16.5. The Labute approximate surface area is 202 Å². The Kier molecular flexibility index (Phi) is 6.01. The summed E-state index contributed by atoms with van der Waals surface area (Å²) in [5.41, 5.74) is 2.74. The number of nitrogens with zero attached hydrogens (tertiary/aromatic N) is 2. The summed E-state index contributed by atoms with van der Waals surface area (Å²) in [6, 6.07) is 20.1. The van der Waals surface area contributed by atoms with Crippen molar-refractivity contribution >= 4 is 40.8 Å². The average molecular weight is 469 g/mol. The molecule has 0 atom stereocenters. The summed E-state index contributed by atoms with van der Waals surface area (Å²) < 4.78 is 5.15. The van der Waals surface area contributed by atoms with Crippen LogP contribution in [-0.4, -0.2) is 43.4 Å². The Morgan fingerprint density at radius 1 is 0.800 bits per heavy atom. The lowest BCUT2D eigenvalue weighted by atomic mass is 10.1. The van der Waals surface area contributed by atoms with Crippen molar-refractivity contribution in [2.45, 2.75) is 12.8 Å². The first-order chi connectivity index (χ1) is 17.0. The van der Waals surface area contributed by atoms with E-state index in [0.29, 0.717) is 16.8 Å². The van der Waals surface area contributed by atoms with Gasteiger partial charge in [0, 0.05) is 24.5 Å². The van der Waals surface area contributed by atoms with Crippen LogP contribution in [0.5, 0.6) is 0 Å². The molecule has 35 heavy (non-hydrogen) atoms. The molecule has 0 unspecified atom stereocenters. The van der Waals surface area contributed by atoms with Gasteiger partial charge in [-0.3, -0.25) is 14.4 Å². The molecule has 0 aliphatic carbocycles. The molecule has 176 valence electrons. The van der Waals surface area contributed by atoms with Gasteiger partial charge in [-0.25, -0.2) is 9.69 Å². The van der Waals surface area contributed by atoms with Gasteiger partial charge in [0.25, 0.3) is 17.7 Å². The van der Waals surface area contributed by atoms with E-state index in [2.05, 4.69) is 10.2 Å². The van der Waals surface area contributed by atoms with E-state index in [-0.39, 0.29) is 11.3 Å². The van der Waals surface area contributed by atoms with Crippen molar-refractivity contribution in [2.24, 2.45) is 0 Å². The Balaban J connectivity index is 1.19. The molecule has 0 radical (unpaired) electrons. The van der Waals surface area contributed by atoms with Gasteiger partial charge in [0.05, 0.1) is 22.4 Å². The van der Waals surface area contributed by atoms with Gasteiger partial charge in [-0.05, 0) is 67.4 Å². The van der Waals surface area contributed by atoms with Crippen molar-refractivity contribution in [1.29, 1.82) is 0 Å². The van der Waals surface area contributed by atoms with Crippen molar-refractivity contribution in [3.63, 3.8) is 0 Å². The van der Waals surface area contributed by atoms with Crippen molar-refractivity contribution < 1.29 is 23.9 Å². The Bertz CT molecular complexity index is 1280. The van der Waals surface area contributed by atoms with Gasteiger partial charge >= 0.3 is 5.97 Å². The lowest BCUT2D eigenvalue weighted by Crippen LogP contribution is -2.29. The smallest absolute Gasteiger partial charge is 0.338 e. The van der Waals surface area contributed by atoms with E-state index in [1.54, 1.807) is 36.4 Å². The summed E-state index contributed by atoms with van der Waals surface area (Å²) in [6.45, 7) is 1.61. The number of hydrogen-bond acceptors (Lipinski definition) is 6. The molecule has 2 aliphatic rings. The predicted octanol–water partition coefficient (Wildman–Crippen LogP) is 3.88. The minimum absolute atomic E-state index is 0.127. The number of carbonyl (C=O) groups excluding carboxylic acids is 4. The van der Waals surface area contributed by atoms with Crippen LogP contribution in [0.15, 0.2) is 72.8 Å². The fourth-order valence-corrected chi connectivity index (χ4v) is 4.34. The highest BCUT2D eigenvalue weighted by Crippen LogP contribution is 2.29. The molecule has 3 amide bonds. The SMILES string of the molecule is O=C(COC(=O)c1cccc(N2C(=O)c3ccccc3C2=O)c1)Nc1ccc(N2CCCC2)cc1. The molecule has 5 rings (SSSR count). The molecule has 1 saturated heterocycles. The van der Waals surface area contributed by atoms with Crippen molar-refractivity contribution in [3.8, 4) is 0 Å². The number of imide groups is 1. The summed E-state index contributed by atoms with van der Waals surface area (Å²) in [5.74, 6) is -2.11. The fourth-order valence-electron chi connectivity index (χ4n) is 4.34. The zero-order valence-corrected chi connectivity index (χ0v) is 18.9. The van der Waals surface area contributed by atoms with Gasteiger partial charge in [0.2, 0.25) is 0 Å². The lowest BCUT2D eigenvalue weighted by molar-refractivity contribution is -0.119. The number of fused-ring (bicyclic) bond motifs is 1. The fraction of sp³-hybridized carbons (Fsp3) is 0.185. The maximum atomic E-state index is 12.7. The second kappa shape index (κ2) is 9.42. The molecule has 1 fully saturated rings. The third-order valence-corrected chi connectivity index (χ3v) is 6.09. The lowest BCUT2D eigenvalue weighted by Gasteiger charge is -2.17. The summed E-state index contributed by atoms with van der Waals surface area (Å²) in [5, 5.41) is 2.71. The topological polar surface area (TPSA) is 96.0 Å². The minimum atomic E-state index is -0.733. The largest absolute Gasteiger partial charge is 0.452 e. The first kappa shape index (κ1) is 22.3. The maximum absolute atomic E-state index is 12.7. The summed E-state index contributed by atoms with van der Waals surface area (Å²) in [6.07, 6.45) is 2.37. The van der Waals surface area contributed by atoms with Crippen LogP contribution in [0.25, 0.3) is 0 Å². The van der Waals surface area contributed by atoms with Gasteiger partial charge in [0.15, 0.2) is 6.61 Å². The Morgan fingerprint density at radius 3 is 2.11 bits per heavy atom. The molecule has 2 heterocycles. The number of nitrogens with one attached hydrogen (secondary N) is 1. The van der Waals surface area contributed by atoms with Crippen LogP contribution in [0.4, 0.5) is 17.1 Å². The van der Waals surface area contributed by atoms with E-state index >= 15 is 0 Å². The zero-order chi connectivity index (χ0) is 24.4. The average Bonchev–Trinajstić information content (AvgIpc) is 3.51. The minimum Gasteiger partial charge on any atom is -0.452 e. The summed E-state index contributed by atoms with van der Waals surface area (Å²) in [4.78, 5) is 53.6. The molecule has 0 saturated carbocycles. The zero-order valence-electron chi connectivity index (χ0n) is 18.9. The third-order valence-electron chi connectivity index (χ3n) is 6.09. The number of hydrogen-bond donors (Lipinski definition) is 1. The van der Waals surface area contributed by atoms with Gasteiger partial charge in [-0.1, -0.05) is 18.2 Å². The number of rotatable bonds is 6. The van der Waals surface area contributed by atoms with Crippen LogP contribution < -0.4 is 15.1 Å². The monoisotopic (exact) mass is 469 g/mol. The second-order valence-corrected chi connectivity index (χ2v) is 8.41. The molecule has 0 bridgehead atoms. The normalized spacial score (nSPS) is 14.7. The molecule has 0 spiro atoms. The maximum Gasteiger partial charge on any atom is 0.338 e. The van der Waals surface area contributed by atoms with Crippen molar-refractivity contribution in [2.75, 3.05) is 34.8 Å². The van der Waals surface area contributed by atoms with Gasteiger partial charge in [0.1, 0.15) is 0 Å². The Morgan fingerprint density at radius 2 is 1.46 bits per heavy atom. The molecule has 2 aliphatic heterocycles. The van der Waals surface area contributed by atoms with Gasteiger partial charge < -0.3 is 15.0 Å². The number of anilines is 3. The van der Waals surface area contributed by atoms with Crippen LogP contribution in [0.2, 0.25) is 0 Å². The van der Waals surface area contributed by atoms with E-state index in [0.717, 1.165) is 23.7 Å². The van der Waals surface area contributed by atoms with Crippen LogP contribution >= 0.6 is 0 Å². The number of benzene rings is 3. The molecule has 1 N–H and O–H groups in total. The van der Waals surface area contributed by atoms with E-state index in [1.807, 2.05) is 24.3 Å². The standard InChI is InChI=1S/C27H23N3O5/c31-24(28-19-10-12-20(13-11-19)29-14-3-4-15-29)17-35-27(34)18-6-5-7-21(16-18)30-25(32)22-8-1-2-9-23(22)26(30)33/h1-2,5-13,16H,3-4,14-15,17H2,(H,28,31). The molecular weight excluding hydrogens is 446 g/mol. The van der Waals surface area contributed by atoms with E-state index < -0.39 is 30.3 Å². The first-order valence-corrected chi connectivity index (χ1v) is 11.4. The highest BCUT2D eigenvalue weighted by molar-refractivity contribution is 6.34. The van der Waals surface area contributed by atoms with Gasteiger partial charge in [-0.2, -0.15) is 0 Å². The van der Waals surface area contributed by atoms with E-state index in [1.165, 1.54) is 25.0 Å². The molecule has 8 nitrogen and oxygen atoms in total. The van der Waals surface area contributed by atoms with Crippen LogP contribution in [-0.2, 0) is 9.53 Å². The van der Waals surface area contributed by atoms with Crippen LogP contribution in [0.3, 0.4) is 0 Å². The highest BCUT2D eigenvalue weighted by Gasteiger charge is 2.36. The first-order valence-electron chi connectivity index (χ1n) is 11.4. The van der Waals surface area contributed by atoms with E-state index in [9.17, 15) is 19.2 Å². The van der Waals surface area contributed by atoms with Crippen molar-refractivity contribution in [3.05, 3.63) is 89.5 Å². The van der Waals surface area contributed by atoms with Gasteiger partial charge in [-0.15, -0.1) is 0 Å². The number of carbonyl (C=O) groups is 4. The molecule has 3 aromatic carbocycles. The third kappa shape index (κ3) is 4.50. The molecular formula is C27H23N3O5. The predicted molar refractivity (Wildman–Crippen MR) is 131 cm³/mol. The quantitative estimate of drug-likeness (QED) is 0.435. The molecule has 0 aromatic heterocycles. The van der Waals surface area contributed by atoms with Crippen molar-refractivity contribution in [1.82, 2.24) is 0 Å². The number of ether oxygens (including phenoxy) is 1. The summed E-state index contributed by atoms with van der Waals surface area (Å²) >= 11 is 0. The second-order valence-electron chi connectivity index (χ2n) is 8.41. The Hall–Kier alpha value is -4.46. The molecule has 8 heteroatoms. The van der Waals surface area contributed by atoms with Crippen LogP contribution in [0.1, 0.15) is 43.9 Å². The van der Waals surface area contributed by atoms with E-state index in [4.69, 9.17) is 4.74 Å².